The number of benzene rings is 1. The molecule has 7 nitrogen and oxygen atoms in total. The van der Waals surface area contributed by atoms with Crippen LogP contribution in [0.2, 0.25) is 0 Å². The van der Waals surface area contributed by atoms with Crippen molar-refractivity contribution in [3.05, 3.63) is 35.9 Å². The average molecular weight is 247 g/mol. The number of nitrogens with zero attached hydrogens (tertiary/aromatic N) is 4. The third-order valence-corrected chi connectivity index (χ3v) is 2.58. The van der Waals surface area contributed by atoms with Crippen LogP contribution in [0.1, 0.15) is 11.5 Å². The van der Waals surface area contributed by atoms with Gasteiger partial charge in [0.15, 0.2) is 0 Å². The minimum Gasteiger partial charge on any atom is -0.481 e. The maximum Gasteiger partial charge on any atom is 0.312 e. The predicted molar refractivity (Wildman–Crippen MR) is 64.1 cm³/mol. The van der Waals surface area contributed by atoms with E-state index in [0.717, 1.165) is 5.56 Å². The molecule has 1 aromatic heterocycles. The summed E-state index contributed by atoms with van der Waals surface area (Å²) in [4.78, 5) is 11.2. The van der Waals surface area contributed by atoms with Crippen molar-refractivity contribution in [1.82, 2.24) is 20.2 Å². The van der Waals surface area contributed by atoms with E-state index >= 15 is 0 Å². The highest BCUT2D eigenvalue weighted by Gasteiger charge is 2.20. The van der Waals surface area contributed by atoms with Crippen LogP contribution in [0.4, 0.5) is 5.95 Å². The number of hydrogen-bond donors (Lipinski definition) is 2. The molecule has 0 aliphatic rings. The summed E-state index contributed by atoms with van der Waals surface area (Å²) in [7, 11) is 1.68. The van der Waals surface area contributed by atoms with Gasteiger partial charge in [0.2, 0.25) is 5.95 Å². The summed E-state index contributed by atoms with van der Waals surface area (Å²) in [5.41, 5.74) is 0.743. The summed E-state index contributed by atoms with van der Waals surface area (Å²) in [6.07, 6.45) is 0. The summed E-state index contributed by atoms with van der Waals surface area (Å²) in [6.45, 7) is 0.230. The van der Waals surface area contributed by atoms with Gasteiger partial charge in [0.1, 0.15) is 0 Å². The Morgan fingerprint density at radius 2 is 2.17 bits per heavy atom. The van der Waals surface area contributed by atoms with E-state index in [1.807, 2.05) is 18.2 Å². The molecule has 1 atom stereocenters. The zero-order valence-electron chi connectivity index (χ0n) is 9.82. The number of anilines is 1. The lowest BCUT2D eigenvalue weighted by Gasteiger charge is -2.13. The molecule has 1 aromatic carbocycles. The Morgan fingerprint density at radius 3 is 2.72 bits per heavy atom. The number of aromatic nitrogens is 4. The van der Waals surface area contributed by atoms with Crippen LogP contribution in [-0.4, -0.2) is 37.8 Å². The van der Waals surface area contributed by atoms with Gasteiger partial charge in [-0.2, -0.15) is 0 Å². The molecule has 1 heterocycles. The fourth-order valence-corrected chi connectivity index (χ4v) is 1.61. The fourth-order valence-electron chi connectivity index (χ4n) is 1.61. The number of carboxylic acids is 1. The second kappa shape index (κ2) is 5.26. The van der Waals surface area contributed by atoms with Gasteiger partial charge < -0.3 is 10.4 Å². The molecule has 7 heteroatoms. The molecule has 2 rings (SSSR count). The highest BCUT2D eigenvalue weighted by Crippen LogP contribution is 2.16. The van der Waals surface area contributed by atoms with E-state index in [1.165, 1.54) is 4.68 Å². The van der Waals surface area contributed by atoms with Gasteiger partial charge in [0, 0.05) is 13.6 Å². The molecule has 0 aliphatic heterocycles. The Bertz CT molecular complexity index is 525. The van der Waals surface area contributed by atoms with Gasteiger partial charge in [-0.1, -0.05) is 35.4 Å². The number of aryl methyl sites for hydroxylation is 1. The van der Waals surface area contributed by atoms with Gasteiger partial charge in [0.25, 0.3) is 0 Å². The normalized spacial score (nSPS) is 12.1. The Kier molecular flexibility index (Phi) is 3.52. The third-order valence-electron chi connectivity index (χ3n) is 2.58. The average Bonchev–Trinajstić information content (AvgIpc) is 2.76. The van der Waals surface area contributed by atoms with Crippen molar-refractivity contribution < 1.29 is 9.90 Å². The lowest BCUT2D eigenvalue weighted by atomic mass is 9.99. The molecule has 1 unspecified atom stereocenters. The first kappa shape index (κ1) is 12.0. The van der Waals surface area contributed by atoms with E-state index in [0.29, 0.717) is 5.95 Å². The van der Waals surface area contributed by atoms with Crippen molar-refractivity contribution in [2.75, 3.05) is 11.9 Å². The molecule has 0 bridgehead atoms. The number of carbonyl (C=O) groups is 1. The van der Waals surface area contributed by atoms with Crippen LogP contribution in [0, 0.1) is 0 Å². The first-order valence-corrected chi connectivity index (χ1v) is 5.42. The standard InChI is InChI=1S/C11H13N5O2/c1-16-11(13-14-15-16)12-7-9(10(17)18)8-5-3-2-4-6-8/h2-6,9H,7H2,1H3,(H,17,18)(H,12,13,15). The zero-order chi connectivity index (χ0) is 13.0. The number of carboxylic acid groups (broad SMARTS) is 1. The first-order chi connectivity index (χ1) is 8.68. The molecule has 0 amide bonds. The Balaban J connectivity index is 2.09. The molecule has 2 aromatic rings. The van der Waals surface area contributed by atoms with Crippen molar-refractivity contribution in [1.29, 1.82) is 0 Å². The number of aliphatic carboxylic acids is 1. The van der Waals surface area contributed by atoms with Crippen molar-refractivity contribution in [3.63, 3.8) is 0 Å². The Labute approximate surface area is 103 Å². The topological polar surface area (TPSA) is 92.9 Å². The summed E-state index contributed by atoms with van der Waals surface area (Å²) in [5.74, 6) is -1.08. The molecule has 0 spiro atoms. The van der Waals surface area contributed by atoms with Gasteiger partial charge in [-0.3, -0.25) is 4.79 Å². The summed E-state index contributed by atoms with van der Waals surface area (Å²) < 4.78 is 1.45. The molecule has 0 saturated carbocycles. The van der Waals surface area contributed by atoms with Crippen molar-refractivity contribution in [2.45, 2.75) is 5.92 Å². The minimum atomic E-state index is -0.885. The second-order valence-electron chi connectivity index (χ2n) is 3.81. The van der Waals surface area contributed by atoms with Gasteiger partial charge in [-0.15, -0.1) is 0 Å². The third kappa shape index (κ3) is 2.62. The highest BCUT2D eigenvalue weighted by molar-refractivity contribution is 5.76. The van der Waals surface area contributed by atoms with Crippen molar-refractivity contribution in [2.24, 2.45) is 7.05 Å². The van der Waals surface area contributed by atoms with Crippen molar-refractivity contribution in [3.8, 4) is 0 Å². The monoisotopic (exact) mass is 247 g/mol. The number of tetrazole rings is 1. The van der Waals surface area contributed by atoms with Crippen LogP contribution in [0.3, 0.4) is 0 Å². The van der Waals surface area contributed by atoms with Crippen LogP contribution >= 0.6 is 0 Å². The predicted octanol–water partition coefficient (Wildman–Crippen LogP) is 0.490. The largest absolute Gasteiger partial charge is 0.481 e. The van der Waals surface area contributed by atoms with E-state index in [-0.39, 0.29) is 6.54 Å². The Morgan fingerprint density at radius 1 is 1.44 bits per heavy atom. The zero-order valence-corrected chi connectivity index (χ0v) is 9.82. The molecule has 0 aliphatic carbocycles. The number of rotatable bonds is 5. The molecule has 0 fully saturated rings. The molecular formula is C11H13N5O2. The smallest absolute Gasteiger partial charge is 0.312 e. The van der Waals surface area contributed by atoms with Gasteiger partial charge in [-0.25, -0.2) is 4.68 Å². The van der Waals surface area contributed by atoms with Crippen LogP contribution in [0.25, 0.3) is 0 Å². The van der Waals surface area contributed by atoms with E-state index in [9.17, 15) is 9.90 Å². The van der Waals surface area contributed by atoms with Gasteiger partial charge in [-0.05, 0) is 16.0 Å². The van der Waals surface area contributed by atoms with Gasteiger partial charge in [0.05, 0.1) is 5.92 Å². The SMILES string of the molecule is Cn1nnnc1NCC(C(=O)O)c1ccccc1. The Hall–Kier alpha value is -2.44. The van der Waals surface area contributed by atoms with Crippen LogP contribution in [0.5, 0.6) is 0 Å². The lowest BCUT2D eigenvalue weighted by Crippen LogP contribution is -2.22. The fraction of sp³-hybridized carbons (Fsp3) is 0.273. The van der Waals surface area contributed by atoms with E-state index in [1.54, 1.807) is 19.2 Å². The summed E-state index contributed by atoms with van der Waals surface area (Å²) in [5, 5.41) is 23.0. The van der Waals surface area contributed by atoms with E-state index in [2.05, 4.69) is 20.8 Å². The van der Waals surface area contributed by atoms with E-state index in [4.69, 9.17) is 0 Å². The maximum absolute atomic E-state index is 11.2. The molecule has 18 heavy (non-hydrogen) atoms. The number of hydrogen-bond acceptors (Lipinski definition) is 5. The minimum absolute atomic E-state index is 0.230. The van der Waals surface area contributed by atoms with Crippen LogP contribution in [-0.2, 0) is 11.8 Å². The van der Waals surface area contributed by atoms with Crippen LogP contribution < -0.4 is 5.32 Å². The number of nitrogens with one attached hydrogen (secondary N) is 1. The summed E-state index contributed by atoms with van der Waals surface area (Å²) >= 11 is 0. The lowest BCUT2D eigenvalue weighted by molar-refractivity contribution is -0.138. The first-order valence-electron chi connectivity index (χ1n) is 5.42. The van der Waals surface area contributed by atoms with Crippen molar-refractivity contribution >= 4 is 11.9 Å². The molecule has 2 N–H and O–H groups in total. The van der Waals surface area contributed by atoms with Crippen LogP contribution in [0.15, 0.2) is 30.3 Å². The van der Waals surface area contributed by atoms with Gasteiger partial charge >= 0.3 is 5.97 Å². The summed E-state index contributed by atoms with van der Waals surface area (Å²) in [6, 6.07) is 9.05. The second-order valence-corrected chi connectivity index (χ2v) is 3.81. The molecular weight excluding hydrogens is 234 g/mol. The van der Waals surface area contributed by atoms with E-state index < -0.39 is 11.9 Å². The molecule has 0 radical (unpaired) electrons. The molecule has 0 saturated heterocycles. The maximum atomic E-state index is 11.2. The highest BCUT2D eigenvalue weighted by atomic mass is 16.4. The molecule has 94 valence electrons. The quantitative estimate of drug-likeness (QED) is 0.798.